The van der Waals surface area contributed by atoms with Gasteiger partial charge in [-0.05, 0) is 82.7 Å². The second-order valence-corrected chi connectivity index (χ2v) is 10.2. The Morgan fingerprint density at radius 3 is 2.63 bits per heavy atom. The van der Waals surface area contributed by atoms with E-state index in [4.69, 9.17) is 4.74 Å². The van der Waals surface area contributed by atoms with Crippen molar-refractivity contribution < 1.29 is 18.3 Å². The first kappa shape index (κ1) is 19.5. The van der Waals surface area contributed by atoms with Gasteiger partial charge in [0.1, 0.15) is 0 Å². The molecule has 1 unspecified atom stereocenters. The van der Waals surface area contributed by atoms with Gasteiger partial charge >= 0.3 is 0 Å². The summed E-state index contributed by atoms with van der Waals surface area (Å²) in [5, 5.41) is 14.5. The summed E-state index contributed by atoms with van der Waals surface area (Å²) in [6.07, 6.45) is 5.86. The summed E-state index contributed by atoms with van der Waals surface area (Å²) < 4.78 is 31.5. The molecule has 2 N–H and O–H groups in total. The number of methoxy groups -OCH3 is 1. The highest BCUT2D eigenvalue weighted by molar-refractivity contribution is 7.92. The Bertz CT molecular complexity index is 1270. The normalized spacial score (nSPS) is 19.5. The molecule has 3 aromatic carbocycles. The summed E-state index contributed by atoms with van der Waals surface area (Å²) in [6, 6.07) is 9.92. The number of phenols is 1. The molecule has 30 heavy (non-hydrogen) atoms. The van der Waals surface area contributed by atoms with Gasteiger partial charge in [0.2, 0.25) is 10.0 Å². The van der Waals surface area contributed by atoms with Crippen molar-refractivity contribution in [2.75, 3.05) is 24.6 Å². The molecule has 2 aliphatic heterocycles. The van der Waals surface area contributed by atoms with E-state index in [2.05, 4.69) is 9.62 Å². The lowest BCUT2D eigenvalue weighted by Crippen LogP contribution is -2.43. The minimum Gasteiger partial charge on any atom is -0.504 e. The molecule has 0 amide bonds. The van der Waals surface area contributed by atoms with Crippen molar-refractivity contribution in [3.05, 3.63) is 41.5 Å². The fourth-order valence-electron chi connectivity index (χ4n) is 5.19. The number of hydrogen-bond acceptors (Lipinski definition) is 5. The highest BCUT2D eigenvalue weighted by Crippen LogP contribution is 2.43. The van der Waals surface area contributed by atoms with Gasteiger partial charge in [-0.15, -0.1) is 0 Å². The summed E-state index contributed by atoms with van der Waals surface area (Å²) in [7, 11) is -1.82. The van der Waals surface area contributed by atoms with E-state index in [-0.39, 0.29) is 5.75 Å². The van der Waals surface area contributed by atoms with E-state index in [0.717, 1.165) is 47.3 Å². The van der Waals surface area contributed by atoms with Gasteiger partial charge in [-0.1, -0.05) is 12.5 Å². The van der Waals surface area contributed by atoms with Crippen LogP contribution in [0.5, 0.6) is 11.5 Å². The van der Waals surface area contributed by atoms with E-state index in [1.54, 1.807) is 13.2 Å². The molecule has 1 saturated heterocycles. The molecule has 2 aliphatic rings. The first-order valence-electron chi connectivity index (χ1n) is 10.3. The van der Waals surface area contributed by atoms with Crippen molar-refractivity contribution in [3.8, 4) is 11.5 Å². The van der Waals surface area contributed by atoms with Crippen molar-refractivity contribution in [3.63, 3.8) is 0 Å². The highest BCUT2D eigenvalue weighted by atomic mass is 32.2. The zero-order valence-electron chi connectivity index (χ0n) is 17.2. The first-order chi connectivity index (χ1) is 14.3. The molecule has 0 radical (unpaired) electrons. The molecule has 7 heteroatoms. The Kier molecular flexibility index (Phi) is 4.56. The molecular weight excluding hydrogens is 400 g/mol. The van der Waals surface area contributed by atoms with Crippen LogP contribution in [0.2, 0.25) is 0 Å². The third kappa shape index (κ3) is 3.26. The van der Waals surface area contributed by atoms with Crippen LogP contribution in [0.15, 0.2) is 30.3 Å². The minimum atomic E-state index is -3.38. The average Bonchev–Trinajstić information content (AvgIpc) is 2.71. The minimum absolute atomic E-state index is 0.0860. The Morgan fingerprint density at radius 1 is 1.07 bits per heavy atom. The number of phenolic OH excluding ortho intramolecular Hbond substituents is 1. The Hall–Kier alpha value is -2.51. The van der Waals surface area contributed by atoms with Crippen LogP contribution < -0.4 is 9.46 Å². The van der Waals surface area contributed by atoms with Crippen LogP contribution in [0.1, 0.15) is 30.4 Å². The van der Waals surface area contributed by atoms with E-state index in [1.165, 1.54) is 30.4 Å². The van der Waals surface area contributed by atoms with Crippen molar-refractivity contribution in [1.82, 2.24) is 4.90 Å². The summed E-state index contributed by atoms with van der Waals surface area (Å²) in [5.74, 6) is 0.545. The van der Waals surface area contributed by atoms with Crippen LogP contribution in [0.4, 0.5) is 5.69 Å². The van der Waals surface area contributed by atoms with Gasteiger partial charge in [0.15, 0.2) is 11.5 Å². The molecule has 2 heterocycles. The summed E-state index contributed by atoms with van der Waals surface area (Å²) in [5.41, 5.74) is 3.14. The van der Waals surface area contributed by atoms with Gasteiger partial charge < -0.3 is 9.84 Å². The lowest BCUT2D eigenvalue weighted by atomic mass is 9.82. The number of benzene rings is 3. The summed E-state index contributed by atoms with van der Waals surface area (Å²) in [6.45, 7) is 2.02. The zero-order valence-corrected chi connectivity index (χ0v) is 18.1. The van der Waals surface area contributed by atoms with E-state index in [9.17, 15) is 13.5 Å². The first-order valence-corrected chi connectivity index (χ1v) is 12.2. The maximum atomic E-state index is 11.8. The van der Waals surface area contributed by atoms with Crippen LogP contribution >= 0.6 is 0 Å². The summed E-state index contributed by atoms with van der Waals surface area (Å²) >= 11 is 0. The predicted octanol–water partition coefficient (Wildman–Crippen LogP) is 3.99. The number of rotatable bonds is 3. The standard InChI is InChI=1S/C23H26N2O4S/c1-29-23-12-20-18-10-15-5-3-4-8-25(15)13-21(18)16-7-6-14(24-30(2,27)28)9-17(16)19(20)11-22(23)26/h6-7,9,11-12,15,24,26H,3-5,8,10,13H2,1-2H3. The van der Waals surface area contributed by atoms with Crippen LogP contribution in [0.3, 0.4) is 0 Å². The highest BCUT2D eigenvalue weighted by Gasteiger charge is 2.31. The largest absolute Gasteiger partial charge is 0.504 e. The fourth-order valence-corrected chi connectivity index (χ4v) is 5.74. The number of fused-ring (bicyclic) bond motifs is 7. The molecule has 0 saturated carbocycles. The molecule has 5 rings (SSSR count). The van der Waals surface area contributed by atoms with Gasteiger partial charge in [0, 0.05) is 18.3 Å². The van der Waals surface area contributed by atoms with Crippen LogP contribution in [0, 0.1) is 0 Å². The van der Waals surface area contributed by atoms with Gasteiger partial charge in [-0.2, -0.15) is 0 Å². The lowest BCUT2D eigenvalue weighted by molar-refractivity contribution is 0.128. The van der Waals surface area contributed by atoms with Crippen molar-refractivity contribution in [2.24, 2.45) is 0 Å². The molecule has 1 atom stereocenters. The Labute approximate surface area is 176 Å². The maximum absolute atomic E-state index is 11.8. The number of nitrogens with one attached hydrogen (secondary N) is 1. The molecule has 158 valence electrons. The smallest absolute Gasteiger partial charge is 0.229 e. The molecule has 1 fully saturated rings. The molecule has 0 aromatic heterocycles. The average molecular weight is 427 g/mol. The van der Waals surface area contributed by atoms with Crippen LogP contribution in [-0.2, 0) is 23.0 Å². The van der Waals surface area contributed by atoms with E-state index in [0.29, 0.717) is 17.5 Å². The van der Waals surface area contributed by atoms with E-state index in [1.807, 2.05) is 24.3 Å². The third-order valence-electron chi connectivity index (χ3n) is 6.50. The number of hydrogen-bond donors (Lipinski definition) is 2. The van der Waals surface area contributed by atoms with E-state index >= 15 is 0 Å². The maximum Gasteiger partial charge on any atom is 0.229 e. The van der Waals surface area contributed by atoms with Gasteiger partial charge in [-0.3, -0.25) is 9.62 Å². The number of aromatic hydroxyl groups is 1. The van der Waals surface area contributed by atoms with Crippen molar-refractivity contribution in [1.29, 1.82) is 0 Å². The van der Waals surface area contributed by atoms with Crippen molar-refractivity contribution in [2.45, 2.75) is 38.3 Å². The zero-order chi connectivity index (χ0) is 21.0. The van der Waals surface area contributed by atoms with Gasteiger partial charge in [0.25, 0.3) is 0 Å². The van der Waals surface area contributed by atoms with E-state index < -0.39 is 10.0 Å². The number of ether oxygens (including phenoxy) is 1. The molecule has 3 aromatic rings. The molecule has 0 aliphatic carbocycles. The number of nitrogens with zero attached hydrogens (tertiary/aromatic N) is 1. The topological polar surface area (TPSA) is 78.9 Å². The second-order valence-electron chi connectivity index (χ2n) is 8.49. The molecule has 0 bridgehead atoms. The quantitative estimate of drug-likeness (QED) is 0.619. The lowest BCUT2D eigenvalue weighted by Gasteiger charge is -2.41. The molecule has 0 spiro atoms. The number of sulfonamides is 1. The van der Waals surface area contributed by atoms with Crippen molar-refractivity contribution >= 4 is 37.3 Å². The monoisotopic (exact) mass is 426 g/mol. The molecular formula is C23H26N2O4S. The fraction of sp³-hybridized carbons (Fsp3) is 0.391. The molecule has 6 nitrogen and oxygen atoms in total. The predicted molar refractivity (Wildman–Crippen MR) is 120 cm³/mol. The van der Waals surface area contributed by atoms with Gasteiger partial charge in [0.05, 0.1) is 13.4 Å². The van der Waals surface area contributed by atoms with Gasteiger partial charge in [-0.25, -0.2) is 8.42 Å². The number of anilines is 1. The number of piperidine rings is 1. The third-order valence-corrected chi connectivity index (χ3v) is 7.10. The Balaban J connectivity index is 1.81. The Morgan fingerprint density at radius 2 is 1.87 bits per heavy atom. The van der Waals surface area contributed by atoms with Crippen LogP contribution in [-0.4, -0.2) is 44.4 Å². The summed E-state index contributed by atoms with van der Waals surface area (Å²) in [4.78, 5) is 2.58. The second kappa shape index (κ2) is 7.03. The van der Waals surface area contributed by atoms with Crippen LogP contribution in [0.25, 0.3) is 21.5 Å². The SMILES string of the molecule is COc1cc2c3c(c4ccc(NS(C)(=O)=O)cc4c2cc1O)CN1CCCCC1C3.